The second-order valence-corrected chi connectivity index (χ2v) is 17.2. The number of aromatic nitrogens is 2. The third kappa shape index (κ3) is 7.60. The summed E-state index contributed by atoms with van der Waals surface area (Å²) in [6.45, 7) is 1.66. The van der Waals surface area contributed by atoms with Crippen LogP contribution >= 0.6 is 0 Å². The first-order valence-corrected chi connectivity index (χ1v) is 20.3. The maximum Gasteiger partial charge on any atom is 0.408 e. The molecule has 53 heavy (non-hydrogen) atoms. The lowest BCUT2D eigenvalue weighted by molar-refractivity contribution is -0.141. The Hall–Kier alpha value is -4.22. The maximum absolute atomic E-state index is 14.7. The number of nitrogens with zero attached hydrogens (tertiary/aromatic N) is 4. The summed E-state index contributed by atoms with van der Waals surface area (Å²) in [4.78, 5) is 59.8. The van der Waals surface area contributed by atoms with E-state index < -0.39 is 74.8 Å². The van der Waals surface area contributed by atoms with E-state index in [1.807, 2.05) is 36.4 Å². The van der Waals surface area contributed by atoms with Crippen LogP contribution in [0.5, 0.6) is 5.88 Å². The average molecular weight is 754 g/mol. The van der Waals surface area contributed by atoms with Crippen molar-refractivity contribution in [2.24, 2.45) is 13.0 Å². The van der Waals surface area contributed by atoms with Crippen LogP contribution in [0.2, 0.25) is 0 Å². The van der Waals surface area contributed by atoms with E-state index in [1.54, 1.807) is 11.7 Å². The van der Waals surface area contributed by atoms with Crippen molar-refractivity contribution in [3.63, 3.8) is 0 Å². The zero-order chi connectivity index (χ0) is 36.9. The lowest BCUT2D eigenvalue weighted by Gasteiger charge is -2.32. The van der Waals surface area contributed by atoms with Crippen molar-refractivity contribution >= 4 is 44.7 Å². The van der Waals surface area contributed by atoms with Crippen LogP contribution in [-0.2, 0) is 40.9 Å². The molecular weight excluding hydrogens is 707 g/mol. The van der Waals surface area contributed by atoms with Crippen LogP contribution in [0.1, 0.15) is 57.8 Å². The van der Waals surface area contributed by atoms with E-state index in [2.05, 4.69) is 25.4 Å². The lowest BCUT2D eigenvalue weighted by Crippen LogP contribution is -2.60. The number of sulfonamides is 1. The summed E-state index contributed by atoms with van der Waals surface area (Å²) in [5.74, 6) is -1.94. The highest BCUT2D eigenvalue weighted by Gasteiger charge is 2.62. The normalized spacial score (nSPS) is 31.8. The van der Waals surface area contributed by atoms with Gasteiger partial charge in [0, 0.05) is 38.4 Å². The van der Waals surface area contributed by atoms with Gasteiger partial charge in [0.15, 0.2) is 0 Å². The fourth-order valence-electron chi connectivity index (χ4n) is 7.86. The van der Waals surface area contributed by atoms with Crippen molar-refractivity contribution in [1.29, 1.82) is 0 Å². The second-order valence-electron chi connectivity index (χ2n) is 15.3. The Bertz CT molecular complexity index is 1900. The van der Waals surface area contributed by atoms with Crippen LogP contribution in [0.3, 0.4) is 0 Å². The SMILES string of the molecule is Cn1nc(O[C@@H]2C[C@H]3C(=O)N[C@]4(C(=O)NS(=O)(=O)C5CC5)CC4/C=C\CCCN(C4CC4)C[C@H](NC(=O)OC4CCOC4)C(=O)N3C2)c2ccccc21. The number of amides is 4. The van der Waals surface area contributed by atoms with Gasteiger partial charge in [0.25, 0.3) is 5.91 Å². The molecule has 0 spiro atoms. The van der Waals surface area contributed by atoms with E-state index in [-0.39, 0.29) is 38.6 Å². The molecule has 6 atom stereocenters. The summed E-state index contributed by atoms with van der Waals surface area (Å²) in [7, 11) is -2.08. The molecule has 1 aromatic heterocycles. The van der Waals surface area contributed by atoms with Crippen molar-refractivity contribution in [3.8, 4) is 5.88 Å². The molecule has 3 aliphatic carbocycles. The molecule has 2 unspecified atom stereocenters. The standard InChI is InChI=1S/C36H47N7O9S/c1-41-29-9-5-4-8-27(29)32(39-41)51-25-17-30-31(44)38-36(34(46)40-53(48,49)26-12-13-26)18-22(36)7-3-2-6-15-42(23-10-11-23)20-28(33(45)43(30)19-25)37-35(47)52-24-14-16-50-21-24/h3-5,7-9,22-26,28,30H,2,6,10-21H2,1H3,(H,37,47)(H,38,44)(H,40,46)/b7-3-/t22?,24?,25-,28+,30+,36-/m1/s1. The third-order valence-corrected chi connectivity index (χ3v) is 13.1. The molecule has 6 aliphatic rings. The molecule has 0 radical (unpaired) electrons. The molecule has 1 aromatic carbocycles. The third-order valence-electron chi connectivity index (χ3n) is 11.2. The Kier molecular flexibility index (Phi) is 9.60. The van der Waals surface area contributed by atoms with Crippen LogP contribution in [-0.4, -0.2) is 126 Å². The summed E-state index contributed by atoms with van der Waals surface area (Å²) in [5.41, 5.74) is -0.646. The molecule has 3 aliphatic heterocycles. The molecule has 4 amide bonds. The number of fused-ring (bicyclic) bond motifs is 3. The molecule has 2 saturated heterocycles. The number of hydrogen-bond donors (Lipinski definition) is 3. The predicted molar refractivity (Wildman–Crippen MR) is 190 cm³/mol. The Balaban J connectivity index is 1.10. The fraction of sp³-hybridized carbons (Fsp3) is 0.639. The first-order chi connectivity index (χ1) is 25.5. The van der Waals surface area contributed by atoms with Gasteiger partial charge in [-0.25, -0.2) is 13.2 Å². The second kappa shape index (κ2) is 14.2. The number of carbonyl (C=O) groups excluding carboxylic acids is 4. The van der Waals surface area contributed by atoms with Crippen molar-refractivity contribution in [3.05, 3.63) is 36.4 Å². The van der Waals surface area contributed by atoms with Crippen LogP contribution in [0, 0.1) is 5.92 Å². The first-order valence-electron chi connectivity index (χ1n) is 18.7. The summed E-state index contributed by atoms with van der Waals surface area (Å²) in [6.07, 6.45) is 7.23. The quantitative estimate of drug-likeness (QED) is 0.328. The Morgan fingerprint density at radius 1 is 1.08 bits per heavy atom. The van der Waals surface area contributed by atoms with Gasteiger partial charge in [-0.15, -0.1) is 5.10 Å². The smallest absolute Gasteiger partial charge is 0.408 e. The van der Waals surface area contributed by atoms with Gasteiger partial charge in [-0.3, -0.25) is 28.7 Å². The molecule has 0 bridgehead atoms. The van der Waals surface area contributed by atoms with Crippen molar-refractivity contribution in [1.82, 2.24) is 34.9 Å². The zero-order valence-corrected chi connectivity index (χ0v) is 30.6. The van der Waals surface area contributed by atoms with Crippen molar-refractivity contribution in [2.45, 2.75) is 98.9 Å². The number of nitrogens with one attached hydrogen (secondary N) is 3. The van der Waals surface area contributed by atoms with Crippen LogP contribution in [0.15, 0.2) is 36.4 Å². The van der Waals surface area contributed by atoms with Crippen molar-refractivity contribution < 1.29 is 41.8 Å². The van der Waals surface area contributed by atoms with Gasteiger partial charge in [-0.1, -0.05) is 24.3 Å². The largest absolute Gasteiger partial charge is 0.471 e. The van der Waals surface area contributed by atoms with Crippen LogP contribution < -0.4 is 20.1 Å². The summed E-state index contributed by atoms with van der Waals surface area (Å²) < 4.78 is 47.0. The van der Waals surface area contributed by atoms with Gasteiger partial charge in [-0.2, -0.15) is 0 Å². The molecule has 4 heterocycles. The number of allylic oxidation sites excluding steroid dienone is 1. The molecule has 5 fully saturated rings. The minimum atomic E-state index is -3.89. The van der Waals surface area contributed by atoms with E-state index in [0.717, 1.165) is 30.2 Å². The molecule has 16 nitrogen and oxygen atoms in total. The van der Waals surface area contributed by atoms with Crippen LogP contribution in [0.4, 0.5) is 4.79 Å². The van der Waals surface area contributed by atoms with E-state index in [4.69, 9.17) is 14.2 Å². The highest BCUT2D eigenvalue weighted by Crippen LogP contribution is 2.46. The number of ether oxygens (including phenoxy) is 3. The number of hydrogen-bond acceptors (Lipinski definition) is 11. The van der Waals surface area contributed by atoms with Gasteiger partial charge < -0.3 is 29.7 Å². The lowest BCUT2D eigenvalue weighted by atomic mass is 10.1. The minimum absolute atomic E-state index is 0.00747. The van der Waals surface area contributed by atoms with E-state index in [9.17, 15) is 27.6 Å². The molecule has 8 rings (SSSR count). The molecule has 3 N–H and O–H groups in total. The number of carbonyl (C=O) groups is 4. The number of rotatable bonds is 8. The molecule has 3 saturated carbocycles. The molecular formula is C36H47N7O9S. The predicted octanol–water partition coefficient (Wildman–Crippen LogP) is 1.10. The minimum Gasteiger partial charge on any atom is -0.471 e. The number of aryl methyl sites for hydroxylation is 1. The maximum atomic E-state index is 14.7. The number of alkyl carbamates (subject to hydrolysis) is 1. The number of para-hydroxylation sites is 1. The summed E-state index contributed by atoms with van der Waals surface area (Å²) >= 11 is 0. The highest BCUT2D eigenvalue weighted by atomic mass is 32.2. The van der Waals surface area contributed by atoms with Gasteiger partial charge >= 0.3 is 6.09 Å². The van der Waals surface area contributed by atoms with E-state index >= 15 is 0 Å². The zero-order valence-electron chi connectivity index (χ0n) is 29.8. The van der Waals surface area contributed by atoms with Gasteiger partial charge in [0.1, 0.15) is 29.8 Å². The van der Waals surface area contributed by atoms with Gasteiger partial charge in [0.2, 0.25) is 27.7 Å². The monoisotopic (exact) mass is 753 g/mol. The van der Waals surface area contributed by atoms with E-state index in [1.165, 1.54) is 4.90 Å². The van der Waals surface area contributed by atoms with Crippen LogP contribution in [0.25, 0.3) is 10.9 Å². The average Bonchev–Trinajstić information content (AvgIpc) is 4.09. The Morgan fingerprint density at radius 3 is 2.64 bits per heavy atom. The van der Waals surface area contributed by atoms with Gasteiger partial charge in [-0.05, 0) is 63.6 Å². The van der Waals surface area contributed by atoms with E-state index in [0.29, 0.717) is 44.7 Å². The Labute approximate surface area is 307 Å². The summed E-state index contributed by atoms with van der Waals surface area (Å²) in [5, 5.41) is 10.4. The van der Waals surface area contributed by atoms with Crippen molar-refractivity contribution in [2.75, 3.05) is 32.8 Å². The first kappa shape index (κ1) is 35.8. The molecule has 17 heteroatoms. The topological polar surface area (TPSA) is 190 Å². The molecule has 286 valence electrons. The fourth-order valence-corrected chi connectivity index (χ4v) is 9.22. The number of benzene rings is 1. The highest BCUT2D eigenvalue weighted by molar-refractivity contribution is 7.91. The molecule has 2 aromatic rings. The Morgan fingerprint density at radius 2 is 1.89 bits per heavy atom. The summed E-state index contributed by atoms with van der Waals surface area (Å²) in [6, 6.07) is 5.69. The van der Waals surface area contributed by atoms with Gasteiger partial charge in [0.05, 0.1) is 35.9 Å².